The van der Waals surface area contributed by atoms with Crippen molar-refractivity contribution in [2.45, 2.75) is 52.9 Å². The van der Waals surface area contributed by atoms with Crippen LogP contribution in [0.2, 0.25) is 0 Å². The largest absolute Gasteiger partial charge is 0.376 e. The Labute approximate surface area is 77.5 Å². The van der Waals surface area contributed by atoms with Crippen LogP contribution in [0.25, 0.3) is 0 Å². The van der Waals surface area contributed by atoms with Crippen molar-refractivity contribution in [3.8, 4) is 0 Å². The third-order valence-corrected chi connectivity index (χ3v) is 1.86. The van der Waals surface area contributed by atoms with Gasteiger partial charge in [-0.1, -0.05) is 40.0 Å². The van der Waals surface area contributed by atoms with Crippen LogP contribution in [0.5, 0.6) is 0 Å². The molecule has 0 aliphatic carbocycles. The highest BCUT2D eigenvalue weighted by atomic mass is 16.5. The van der Waals surface area contributed by atoms with Crippen LogP contribution >= 0.6 is 0 Å². The summed E-state index contributed by atoms with van der Waals surface area (Å²) >= 11 is 0. The third-order valence-electron chi connectivity index (χ3n) is 1.86. The van der Waals surface area contributed by atoms with Crippen LogP contribution in [0.3, 0.4) is 0 Å². The lowest BCUT2D eigenvalue weighted by Crippen LogP contribution is -1.96. The van der Waals surface area contributed by atoms with Crippen LogP contribution in [0, 0.1) is 12.5 Å². The van der Waals surface area contributed by atoms with Gasteiger partial charge in [-0.15, -0.1) is 0 Å². The summed E-state index contributed by atoms with van der Waals surface area (Å²) in [6.45, 7) is 9.53. The van der Waals surface area contributed by atoms with Gasteiger partial charge in [0.25, 0.3) is 0 Å². The van der Waals surface area contributed by atoms with E-state index in [1.807, 2.05) is 6.61 Å². The number of rotatable bonds is 8. The van der Waals surface area contributed by atoms with Gasteiger partial charge in [-0.05, 0) is 18.8 Å². The first-order valence-electron chi connectivity index (χ1n) is 5.20. The van der Waals surface area contributed by atoms with Gasteiger partial charge in [0.05, 0.1) is 6.61 Å². The molecule has 0 heterocycles. The summed E-state index contributed by atoms with van der Waals surface area (Å²) < 4.78 is 5.37. The lowest BCUT2D eigenvalue weighted by atomic mass is 10.1. The molecule has 0 aromatic rings. The number of hydrogen-bond acceptors (Lipinski definition) is 1. The van der Waals surface area contributed by atoms with Gasteiger partial charge in [0, 0.05) is 6.61 Å². The zero-order valence-corrected chi connectivity index (χ0v) is 8.81. The van der Waals surface area contributed by atoms with Crippen molar-refractivity contribution in [1.29, 1.82) is 0 Å². The van der Waals surface area contributed by atoms with Crippen LogP contribution in [0.1, 0.15) is 52.9 Å². The standard InChI is InChI=1S/C11H23O/c1-4-5-6-7-9-12-10-8-11(2)3/h9,11H,4-8,10H2,1-3H3. The molecular weight excluding hydrogens is 148 g/mol. The fourth-order valence-electron chi connectivity index (χ4n) is 0.948. The first-order valence-corrected chi connectivity index (χ1v) is 5.20. The highest BCUT2D eigenvalue weighted by Crippen LogP contribution is 2.04. The van der Waals surface area contributed by atoms with E-state index in [1.165, 1.54) is 25.7 Å². The summed E-state index contributed by atoms with van der Waals surface area (Å²) in [5.41, 5.74) is 0. The van der Waals surface area contributed by atoms with Gasteiger partial charge in [0.2, 0.25) is 0 Å². The Morgan fingerprint density at radius 3 is 2.58 bits per heavy atom. The average molecular weight is 171 g/mol. The molecule has 0 bridgehead atoms. The minimum absolute atomic E-state index is 0.758. The summed E-state index contributed by atoms with van der Waals surface area (Å²) in [5, 5.41) is 0. The van der Waals surface area contributed by atoms with E-state index in [0.29, 0.717) is 0 Å². The fourth-order valence-corrected chi connectivity index (χ4v) is 0.948. The molecule has 73 valence electrons. The van der Waals surface area contributed by atoms with E-state index < -0.39 is 0 Å². The normalized spacial score (nSPS) is 11.0. The monoisotopic (exact) mass is 171 g/mol. The molecule has 0 aliphatic heterocycles. The predicted molar refractivity (Wildman–Crippen MR) is 53.8 cm³/mol. The topological polar surface area (TPSA) is 9.23 Å². The molecule has 0 aliphatic rings. The Kier molecular flexibility index (Phi) is 9.02. The molecule has 0 unspecified atom stereocenters. The minimum Gasteiger partial charge on any atom is -0.376 e. The Morgan fingerprint density at radius 1 is 1.25 bits per heavy atom. The zero-order valence-electron chi connectivity index (χ0n) is 8.81. The highest BCUT2D eigenvalue weighted by molar-refractivity contribution is 4.52. The summed E-state index contributed by atoms with van der Waals surface area (Å²) in [5.74, 6) is 0.758. The average Bonchev–Trinajstić information content (AvgIpc) is 2.02. The molecule has 1 heteroatoms. The molecular formula is C11H23O. The summed E-state index contributed by atoms with van der Waals surface area (Å²) in [6, 6.07) is 0. The van der Waals surface area contributed by atoms with Gasteiger partial charge >= 0.3 is 0 Å². The summed E-state index contributed by atoms with van der Waals surface area (Å²) in [6.07, 6.45) is 6.18. The zero-order chi connectivity index (χ0) is 9.23. The molecule has 0 aromatic carbocycles. The number of hydrogen-bond donors (Lipinski definition) is 0. The second kappa shape index (κ2) is 9.05. The van der Waals surface area contributed by atoms with Crippen molar-refractivity contribution in [3.05, 3.63) is 6.61 Å². The maximum atomic E-state index is 5.37. The van der Waals surface area contributed by atoms with Gasteiger partial charge in [0.15, 0.2) is 0 Å². The van der Waals surface area contributed by atoms with Crippen LogP contribution in [0.4, 0.5) is 0 Å². The molecule has 0 fully saturated rings. The van der Waals surface area contributed by atoms with Crippen LogP contribution < -0.4 is 0 Å². The molecule has 0 saturated carbocycles. The fraction of sp³-hybridized carbons (Fsp3) is 0.909. The molecule has 1 nitrogen and oxygen atoms in total. The van der Waals surface area contributed by atoms with Gasteiger partial charge in [-0.3, -0.25) is 0 Å². The number of ether oxygens (including phenoxy) is 1. The molecule has 0 atom stereocenters. The number of unbranched alkanes of at least 4 members (excludes halogenated alkanes) is 3. The lowest BCUT2D eigenvalue weighted by Gasteiger charge is -2.05. The van der Waals surface area contributed by atoms with E-state index in [1.54, 1.807) is 0 Å². The Balaban J connectivity index is 2.82. The van der Waals surface area contributed by atoms with Crippen molar-refractivity contribution in [1.82, 2.24) is 0 Å². The van der Waals surface area contributed by atoms with Crippen molar-refractivity contribution < 1.29 is 4.74 Å². The predicted octanol–water partition coefficient (Wildman–Crippen LogP) is 3.79. The second-order valence-corrected chi connectivity index (χ2v) is 3.72. The molecule has 12 heavy (non-hydrogen) atoms. The van der Waals surface area contributed by atoms with E-state index in [9.17, 15) is 0 Å². The van der Waals surface area contributed by atoms with E-state index in [2.05, 4.69) is 20.8 Å². The maximum Gasteiger partial charge on any atom is 0.0836 e. The van der Waals surface area contributed by atoms with Gasteiger partial charge in [0.1, 0.15) is 0 Å². The Bertz CT molecular complexity index is 79.1. The second-order valence-electron chi connectivity index (χ2n) is 3.72. The Morgan fingerprint density at radius 2 is 2.00 bits per heavy atom. The van der Waals surface area contributed by atoms with Crippen molar-refractivity contribution in [2.24, 2.45) is 5.92 Å². The molecule has 0 aromatic heterocycles. The molecule has 0 spiro atoms. The molecule has 0 amide bonds. The maximum absolute atomic E-state index is 5.37. The smallest absolute Gasteiger partial charge is 0.0836 e. The van der Waals surface area contributed by atoms with E-state index in [-0.39, 0.29) is 0 Å². The van der Waals surface area contributed by atoms with E-state index in [0.717, 1.165) is 18.9 Å². The molecule has 1 radical (unpaired) electrons. The summed E-state index contributed by atoms with van der Waals surface area (Å²) in [4.78, 5) is 0. The van der Waals surface area contributed by atoms with Gasteiger partial charge in [-0.25, -0.2) is 0 Å². The van der Waals surface area contributed by atoms with E-state index in [4.69, 9.17) is 4.74 Å². The minimum atomic E-state index is 0.758. The molecule has 0 rings (SSSR count). The van der Waals surface area contributed by atoms with Gasteiger partial charge in [-0.2, -0.15) is 0 Å². The Hall–Kier alpha value is -0.0400. The molecule has 0 saturated heterocycles. The van der Waals surface area contributed by atoms with Crippen LogP contribution in [-0.2, 0) is 4.74 Å². The van der Waals surface area contributed by atoms with Crippen molar-refractivity contribution in [3.63, 3.8) is 0 Å². The summed E-state index contributed by atoms with van der Waals surface area (Å²) in [7, 11) is 0. The lowest BCUT2D eigenvalue weighted by molar-refractivity contribution is 0.175. The van der Waals surface area contributed by atoms with Crippen molar-refractivity contribution >= 4 is 0 Å². The van der Waals surface area contributed by atoms with E-state index >= 15 is 0 Å². The first kappa shape index (κ1) is 12.0. The van der Waals surface area contributed by atoms with Gasteiger partial charge < -0.3 is 4.74 Å². The van der Waals surface area contributed by atoms with Crippen LogP contribution in [0.15, 0.2) is 0 Å². The third kappa shape index (κ3) is 9.96. The SMILES string of the molecule is CCCCC[CH]OCCC(C)C. The molecule has 0 N–H and O–H groups in total. The van der Waals surface area contributed by atoms with Crippen molar-refractivity contribution in [2.75, 3.05) is 6.61 Å². The quantitative estimate of drug-likeness (QED) is 0.505. The highest BCUT2D eigenvalue weighted by Gasteiger charge is 1.93. The first-order chi connectivity index (χ1) is 5.77. The van der Waals surface area contributed by atoms with Crippen LogP contribution in [-0.4, -0.2) is 6.61 Å².